The average molecular weight is 361 g/mol. The van der Waals surface area contributed by atoms with Gasteiger partial charge < -0.3 is 34.5 Å². The van der Waals surface area contributed by atoms with Crippen molar-refractivity contribution in [3.63, 3.8) is 0 Å². The summed E-state index contributed by atoms with van der Waals surface area (Å²) in [5.41, 5.74) is -1.62. The van der Waals surface area contributed by atoms with Crippen molar-refractivity contribution in [2.45, 2.75) is 95.9 Å². The van der Waals surface area contributed by atoms with E-state index >= 15 is 0 Å². The second-order valence-corrected chi connectivity index (χ2v) is 8.66. The number of nitrogens with one attached hydrogen (secondary N) is 1. The zero-order valence-corrected chi connectivity index (χ0v) is 16.0. The first kappa shape index (κ1) is 20.4. The fraction of sp³-hybridized carbons (Fsp3) is 0.941. The first-order valence-electron chi connectivity index (χ1n) is 8.57. The van der Waals surface area contributed by atoms with E-state index in [4.69, 9.17) is 18.9 Å². The van der Waals surface area contributed by atoms with E-state index in [9.17, 15) is 15.0 Å². The second kappa shape index (κ2) is 6.66. The highest BCUT2D eigenvalue weighted by Crippen LogP contribution is 2.35. The molecule has 0 spiro atoms. The summed E-state index contributed by atoms with van der Waals surface area (Å²) in [5.74, 6) is -0.809. The van der Waals surface area contributed by atoms with Crippen molar-refractivity contribution in [2.75, 3.05) is 6.61 Å². The lowest BCUT2D eigenvalue weighted by molar-refractivity contribution is -0.151. The molecule has 2 rings (SSSR count). The maximum atomic E-state index is 12.3. The molecule has 3 N–H and O–H groups in total. The third kappa shape index (κ3) is 4.83. The van der Waals surface area contributed by atoms with Gasteiger partial charge >= 0.3 is 6.09 Å². The number of carbonyl (C=O) groups excluding carboxylic acids is 1. The average Bonchev–Trinajstić information content (AvgIpc) is 2.87. The SMILES string of the molecule is CC(C)(C)OC(=O)N[C@@H]([C@@H]1OC(C)(C)[C@@H](O)[C@@H]1O)[C@H]1COC(C)(C)O1. The minimum atomic E-state index is -1.18. The van der Waals surface area contributed by atoms with Crippen LogP contribution in [0.4, 0.5) is 4.79 Å². The molecule has 2 fully saturated rings. The predicted octanol–water partition coefficient (Wildman–Crippen LogP) is 0.930. The van der Waals surface area contributed by atoms with E-state index in [0.717, 1.165) is 0 Å². The van der Waals surface area contributed by atoms with Crippen LogP contribution < -0.4 is 5.32 Å². The number of amides is 1. The molecule has 8 heteroatoms. The first-order valence-corrected chi connectivity index (χ1v) is 8.57. The predicted molar refractivity (Wildman–Crippen MR) is 89.0 cm³/mol. The zero-order chi connectivity index (χ0) is 19.2. The van der Waals surface area contributed by atoms with Gasteiger partial charge in [0.2, 0.25) is 0 Å². The van der Waals surface area contributed by atoms with E-state index < -0.39 is 53.5 Å². The van der Waals surface area contributed by atoms with Gasteiger partial charge in [-0.15, -0.1) is 0 Å². The lowest BCUT2D eigenvalue weighted by Crippen LogP contribution is -2.56. The van der Waals surface area contributed by atoms with Crippen LogP contribution in [0.25, 0.3) is 0 Å². The summed E-state index contributed by atoms with van der Waals surface area (Å²) in [6.07, 6.45) is -4.33. The molecule has 2 aliphatic heterocycles. The van der Waals surface area contributed by atoms with E-state index in [1.54, 1.807) is 48.5 Å². The number of alkyl carbamates (subject to hydrolysis) is 1. The maximum absolute atomic E-state index is 12.3. The lowest BCUT2D eigenvalue weighted by Gasteiger charge is -2.32. The topological polar surface area (TPSA) is 106 Å². The summed E-state index contributed by atoms with van der Waals surface area (Å²) in [4.78, 5) is 12.3. The molecular weight excluding hydrogens is 330 g/mol. The Kier molecular flexibility index (Phi) is 5.43. The van der Waals surface area contributed by atoms with E-state index in [0.29, 0.717) is 0 Å². The number of hydrogen-bond acceptors (Lipinski definition) is 7. The van der Waals surface area contributed by atoms with E-state index in [1.807, 2.05) is 0 Å². The molecule has 1 amide bonds. The van der Waals surface area contributed by atoms with Gasteiger partial charge in [-0.05, 0) is 48.5 Å². The van der Waals surface area contributed by atoms with E-state index in [2.05, 4.69) is 5.32 Å². The Bertz CT molecular complexity index is 500. The molecular formula is C17H31NO7. The molecule has 0 saturated carbocycles. The highest BCUT2D eigenvalue weighted by atomic mass is 16.7. The van der Waals surface area contributed by atoms with Crippen molar-refractivity contribution in [3.8, 4) is 0 Å². The highest BCUT2D eigenvalue weighted by Gasteiger charge is 2.54. The fourth-order valence-corrected chi connectivity index (χ4v) is 3.09. The van der Waals surface area contributed by atoms with Gasteiger partial charge in [0, 0.05) is 0 Å². The molecule has 0 aromatic carbocycles. The lowest BCUT2D eigenvalue weighted by atomic mass is 9.94. The van der Waals surface area contributed by atoms with Gasteiger partial charge in [0.1, 0.15) is 30.0 Å². The summed E-state index contributed by atoms with van der Waals surface area (Å²) in [6, 6.07) is -0.747. The smallest absolute Gasteiger partial charge is 0.408 e. The molecule has 0 bridgehead atoms. The van der Waals surface area contributed by atoms with Crippen molar-refractivity contribution in [1.82, 2.24) is 5.32 Å². The Morgan fingerprint density at radius 2 is 1.80 bits per heavy atom. The molecule has 2 aliphatic rings. The molecule has 25 heavy (non-hydrogen) atoms. The van der Waals surface area contributed by atoms with Crippen molar-refractivity contribution in [1.29, 1.82) is 0 Å². The van der Waals surface area contributed by atoms with Gasteiger partial charge in [-0.3, -0.25) is 0 Å². The summed E-state index contributed by atoms with van der Waals surface area (Å²) >= 11 is 0. The van der Waals surface area contributed by atoms with Gasteiger partial charge in [-0.25, -0.2) is 4.79 Å². The Labute approximate surface area is 148 Å². The van der Waals surface area contributed by atoms with Gasteiger partial charge in [0.15, 0.2) is 5.79 Å². The molecule has 0 aromatic rings. The quantitative estimate of drug-likeness (QED) is 0.686. The van der Waals surface area contributed by atoms with Gasteiger partial charge in [0.05, 0.1) is 18.2 Å². The molecule has 0 aromatic heterocycles. The standard InChI is InChI=1S/C17H31NO7/c1-15(2,3)25-14(21)18-10(9-8-22-17(6,7)23-9)12-11(19)13(20)16(4,5)24-12/h9-13,19-20H,8H2,1-7H3,(H,18,21)/t9-,10-,11-,12+,13+/m1/s1. The molecule has 0 radical (unpaired) electrons. The van der Waals surface area contributed by atoms with Crippen LogP contribution in [-0.2, 0) is 18.9 Å². The van der Waals surface area contributed by atoms with Crippen LogP contribution in [0.5, 0.6) is 0 Å². The molecule has 0 unspecified atom stereocenters. The van der Waals surface area contributed by atoms with Crippen LogP contribution in [0.2, 0.25) is 0 Å². The molecule has 2 heterocycles. The summed E-state index contributed by atoms with van der Waals surface area (Å²) < 4.78 is 22.6. The van der Waals surface area contributed by atoms with Crippen LogP contribution in [0, 0.1) is 0 Å². The van der Waals surface area contributed by atoms with Crippen LogP contribution in [0.15, 0.2) is 0 Å². The minimum Gasteiger partial charge on any atom is -0.444 e. The Morgan fingerprint density at radius 3 is 2.20 bits per heavy atom. The molecule has 8 nitrogen and oxygen atoms in total. The normalized spacial score (nSPS) is 35.4. The van der Waals surface area contributed by atoms with Gasteiger partial charge in [-0.2, -0.15) is 0 Å². The molecule has 0 aliphatic carbocycles. The number of hydrogen-bond donors (Lipinski definition) is 3. The number of ether oxygens (including phenoxy) is 4. The minimum absolute atomic E-state index is 0.219. The molecule has 146 valence electrons. The van der Waals surface area contributed by atoms with E-state index in [-0.39, 0.29) is 6.61 Å². The maximum Gasteiger partial charge on any atom is 0.408 e. The Morgan fingerprint density at radius 1 is 1.20 bits per heavy atom. The third-order valence-electron chi connectivity index (χ3n) is 4.28. The number of rotatable bonds is 3. The monoisotopic (exact) mass is 361 g/mol. The van der Waals surface area contributed by atoms with Crippen molar-refractivity contribution in [3.05, 3.63) is 0 Å². The summed E-state index contributed by atoms with van der Waals surface area (Å²) in [6.45, 7) is 12.4. The highest BCUT2D eigenvalue weighted by molar-refractivity contribution is 5.68. The molecule has 5 atom stereocenters. The van der Waals surface area contributed by atoms with Crippen molar-refractivity contribution < 1.29 is 34.0 Å². The fourth-order valence-electron chi connectivity index (χ4n) is 3.09. The summed E-state index contributed by atoms with van der Waals surface area (Å²) in [5, 5.41) is 23.4. The first-order chi connectivity index (χ1) is 11.2. The number of aliphatic hydroxyl groups excluding tert-OH is 2. The van der Waals surface area contributed by atoms with Gasteiger partial charge in [0.25, 0.3) is 0 Å². The van der Waals surface area contributed by atoms with Crippen LogP contribution in [0.3, 0.4) is 0 Å². The van der Waals surface area contributed by atoms with Crippen molar-refractivity contribution in [2.24, 2.45) is 0 Å². The Balaban J connectivity index is 2.20. The van der Waals surface area contributed by atoms with E-state index in [1.165, 1.54) is 0 Å². The molecule has 2 saturated heterocycles. The van der Waals surface area contributed by atoms with Gasteiger partial charge in [-0.1, -0.05) is 0 Å². The van der Waals surface area contributed by atoms with Crippen molar-refractivity contribution >= 4 is 6.09 Å². The van der Waals surface area contributed by atoms with Crippen LogP contribution in [-0.4, -0.2) is 70.4 Å². The largest absolute Gasteiger partial charge is 0.444 e. The second-order valence-electron chi connectivity index (χ2n) is 8.66. The zero-order valence-electron chi connectivity index (χ0n) is 16.0. The van der Waals surface area contributed by atoms with Crippen LogP contribution in [0.1, 0.15) is 48.5 Å². The summed E-state index contributed by atoms with van der Waals surface area (Å²) in [7, 11) is 0. The Hall–Kier alpha value is -0.930. The number of carbonyl (C=O) groups is 1. The number of aliphatic hydroxyl groups is 2. The third-order valence-corrected chi connectivity index (χ3v) is 4.28. The van der Waals surface area contributed by atoms with Crippen LogP contribution >= 0.6 is 0 Å².